The second kappa shape index (κ2) is 6.97. The molecule has 3 aliphatic rings. The Morgan fingerprint density at radius 2 is 1.89 bits per heavy atom. The van der Waals surface area contributed by atoms with Gasteiger partial charge in [-0.05, 0) is 61.1 Å². The molecule has 6 atom stereocenters. The molecule has 0 aromatic heterocycles. The number of Topliss-reactive ketones (excluding diaryl/α,β-unsaturated/α-hetero) is 1. The van der Waals surface area contributed by atoms with E-state index in [0.717, 1.165) is 31.2 Å². The van der Waals surface area contributed by atoms with Gasteiger partial charge in [0.25, 0.3) is 0 Å². The number of carbonyl (C=O) groups excluding carboxylic acids is 3. The van der Waals surface area contributed by atoms with Gasteiger partial charge in [-0.1, -0.05) is 28.9 Å². The standard InChI is InChI=1S/C22H25BrO5/c1-11(24)27-13-4-5-14-15-8-9-22(3)17(6-7-18(22)28-12(2)25)19(15)20(23)21(26)16(14)10-13/h4-5,10,15,17-20H,6-9H2,1-3H3/t15-,17+,18?,19-,20?,22+/m1/s1. The maximum absolute atomic E-state index is 13.2. The molecule has 4 rings (SSSR count). The van der Waals surface area contributed by atoms with E-state index in [2.05, 4.69) is 22.9 Å². The summed E-state index contributed by atoms with van der Waals surface area (Å²) in [5.41, 5.74) is 1.62. The van der Waals surface area contributed by atoms with Crippen molar-refractivity contribution < 1.29 is 23.9 Å². The van der Waals surface area contributed by atoms with Crippen LogP contribution in [0.3, 0.4) is 0 Å². The average molecular weight is 449 g/mol. The molecule has 0 amide bonds. The summed E-state index contributed by atoms with van der Waals surface area (Å²) in [4.78, 5) is 35.7. The van der Waals surface area contributed by atoms with Crippen LogP contribution in [0.25, 0.3) is 0 Å². The van der Waals surface area contributed by atoms with Gasteiger partial charge in [-0.25, -0.2) is 0 Å². The molecule has 150 valence electrons. The summed E-state index contributed by atoms with van der Waals surface area (Å²) in [7, 11) is 0. The molecule has 1 aromatic rings. The van der Waals surface area contributed by atoms with Gasteiger partial charge in [-0.3, -0.25) is 14.4 Å². The highest BCUT2D eigenvalue weighted by Gasteiger charge is 2.59. The number of carbonyl (C=O) groups is 3. The highest BCUT2D eigenvalue weighted by molar-refractivity contribution is 9.10. The van der Waals surface area contributed by atoms with Crippen LogP contribution < -0.4 is 4.74 Å². The monoisotopic (exact) mass is 448 g/mol. The van der Waals surface area contributed by atoms with Gasteiger partial charge in [0.2, 0.25) is 0 Å². The SMILES string of the molecule is CC(=O)Oc1ccc2c(c1)C(=O)C(Br)[C@@H]1[C@@H]2CC[C@]2(C)C(OC(C)=O)CC[C@@H]12. The summed E-state index contributed by atoms with van der Waals surface area (Å²) in [5.74, 6) is 0.612. The molecule has 2 unspecified atom stereocenters. The smallest absolute Gasteiger partial charge is 0.308 e. The maximum Gasteiger partial charge on any atom is 0.308 e. The molecule has 1 aromatic carbocycles. The number of benzene rings is 1. The van der Waals surface area contributed by atoms with Crippen LogP contribution in [0.1, 0.15) is 68.3 Å². The Hall–Kier alpha value is -1.69. The van der Waals surface area contributed by atoms with Crippen molar-refractivity contribution in [1.29, 1.82) is 0 Å². The number of hydrogen-bond donors (Lipinski definition) is 0. The summed E-state index contributed by atoms with van der Waals surface area (Å²) < 4.78 is 10.8. The Morgan fingerprint density at radius 1 is 1.14 bits per heavy atom. The predicted molar refractivity (Wildman–Crippen MR) is 107 cm³/mol. The number of esters is 2. The molecule has 0 spiro atoms. The van der Waals surface area contributed by atoms with Gasteiger partial charge in [0.05, 0.1) is 4.83 Å². The zero-order chi connectivity index (χ0) is 20.2. The molecule has 0 heterocycles. The molecular formula is C22H25BrO5. The zero-order valence-corrected chi connectivity index (χ0v) is 18.0. The van der Waals surface area contributed by atoms with Gasteiger partial charge in [-0.2, -0.15) is 0 Å². The quantitative estimate of drug-likeness (QED) is 0.380. The predicted octanol–water partition coefficient (Wildman–Crippen LogP) is 4.41. The lowest BCUT2D eigenvalue weighted by molar-refractivity contribution is -0.154. The number of ether oxygens (including phenoxy) is 2. The van der Waals surface area contributed by atoms with Gasteiger partial charge in [-0.15, -0.1) is 0 Å². The molecule has 5 nitrogen and oxygen atoms in total. The van der Waals surface area contributed by atoms with Gasteiger partial charge < -0.3 is 9.47 Å². The Balaban J connectivity index is 1.69. The van der Waals surface area contributed by atoms with E-state index in [4.69, 9.17) is 9.47 Å². The Morgan fingerprint density at radius 3 is 2.57 bits per heavy atom. The minimum Gasteiger partial charge on any atom is -0.462 e. The Kier molecular flexibility index (Phi) is 4.89. The summed E-state index contributed by atoms with van der Waals surface area (Å²) in [6.45, 7) is 5.04. The number of rotatable bonds is 2. The van der Waals surface area contributed by atoms with E-state index >= 15 is 0 Å². The minimum absolute atomic E-state index is 0.0467. The van der Waals surface area contributed by atoms with Crippen molar-refractivity contribution in [1.82, 2.24) is 0 Å². The zero-order valence-electron chi connectivity index (χ0n) is 16.4. The molecule has 0 radical (unpaired) electrons. The van der Waals surface area contributed by atoms with Crippen molar-refractivity contribution in [2.24, 2.45) is 17.3 Å². The van der Waals surface area contributed by atoms with Crippen LogP contribution in [0.2, 0.25) is 0 Å². The van der Waals surface area contributed by atoms with Gasteiger partial charge in [0.1, 0.15) is 11.9 Å². The van der Waals surface area contributed by atoms with Crippen LogP contribution in [0.5, 0.6) is 5.75 Å². The first-order valence-electron chi connectivity index (χ1n) is 9.90. The molecule has 0 bridgehead atoms. The lowest BCUT2D eigenvalue weighted by Crippen LogP contribution is -2.50. The first kappa shape index (κ1) is 19.6. The first-order valence-corrected chi connectivity index (χ1v) is 10.8. The van der Waals surface area contributed by atoms with Crippen LogP contribution >= 0.6 is 15.9 Å². The molecule has 6 heteroatoms. The molecule has 3 aliphatic carbocycles. The second-order valence-corrected chi connectivity index (χ2v) is 9.61. The van der Waals surface area contributed by atoms with Crippen molar-refractivity contribution in [3.05, 3.63) is 29.3 Å². The van der Waals surface area contributed by atoms with Crippen LogP contribution in [0.15, 0.2) is 18.2 Å². The second-order valence-electron chi connectivity index (χ2n) is 8.62. The van der Waals surface area contributed by atoms with Crippen molar-refractivity contribution >= 4 is 33.7 Å². The third-order valence-corrected chi connectivity index (χ3v) is 8.12. The Bertz CT molecular complexity index is 849. The van der Waals surface area contributed by atoms with Gasteiger partial charge >= 0.3 is 11.9 Å². The molecule has 0 N–H and O–H groups in total. The molecule has 2 fully saturated rings. The number of alkyl halides is 1. The van der Waals surface area contributed by atoms with Crippen molar-refractivity contribution in [2.45, 2.75) is 63.3 Å². The average Bonchev–Trinajstić information content (AvgIpc) is 2.94. The fourth-order valence-corrected chi connectivity index (χ4v) is 6.92. The van der Waals surface area contributed by atoms with E-state index in [-0.39, 0.29) is 39.9 Å². The largest absolute Gasteiger partial charge is 0.462 e. The maximum atomic E-state index is 13.2. The van der Waals surface area contributed by atoms with Gasteiger partial charge in [0.15, 0.2) is 5.78 Å². The number of halogens is 1. The van der Waals surface area contributed by atoms with E-state index in [0.29, 0.717) is 17.2 Å². The van der Waals surface area contributed by atoms with E-state index in [1.54, 1.807) is 12.1 Å². The lowest BCUT2D eigenvalue weighted by atomic mass is 9.55. The van der Waals surface area contributed by atoms with E-state index in [1.807, 2.05) is 6.07 Å². The highest BCUT2D eigenvalue weighted by atomic mass is 79.9. The molecule has 2 saturated carbocycles. The van der Waals surface area contributed by atoms with Crippen LogP contribution in [-0.4, -0.2) is 28.7 Å². The molecule has 0 aliphatic heterocycles. The van der Waals surface area contributed by atoms with Gasteiger partial charge in [0, 0.05) is 24.8 Å². The van der Waals surface area contributed by atoms with Crippen molar-refractivity contribution in [3.63, 3.8) is 0 Å². The van der Waals surface area contributed by atoms with Crippen molar-refractivity contribution in [3.8, 4) is 5.75 Å². The van der Waals surface area contributed by atoms with E-state index in [1.165, 1.54) is 13.8 Å². The normalized spacial score (nSPS) is 36.1. The summed E-state index contributed by atoms with van der Waals surface area (Å²) >= 11 is 3.71. The topological polar surface area (TPSA) is 69.7 Å². The summed E-state index contributed by atoms with van der Waals surface area (Å²) in [5, 5.41) is 0. The molecule has 28 heavy (non-hydrogen) atoms. The summed E-state index contributed by atoms with van der Waals surface area (Å²) in [6.07, 6.45) is 3.67. The summed E-state index contributed by atoms with van der Waals surface area (Å²) in [6, 6.07) is 5.43. The number of ketones is 1. The van der Waals surface area contributed by atoms with Crippen LogP contribution in [-0.2, 0) is 14.3 Å². The third-order valence-electron chi connectivity index (χ3n) is 7.09. The third kappa shape index (κ3) is 3.00. The van der Waals surface area contributed by atoms with E-state index < -0.39 is 5.97 Å². The molecule has 0 saturated heterocycles. The van der Waals surface area contributed by atoms with Crippen molar-refractivity contribution in [2.75, 3.05) is 0 Å². The molecular weight excluding hydrogens is 424 g/mol. The van der Waals surface area contributed by atoms with Crippen LogP contribution in [0, 0.1) is 17.3 Å². The number of hydrogen-bond acceptors (Lipinski definition) is 5. The fourth-order valence-electron chi connectivity index (χ4n) is 5.94. The van der Waals surface area contributed by atoms with Crippen LogP contribution in [0.4, 0.5) is 0 Å². The number of fused-ring (bicyclic) bond motifs is 5. The van der Waals surface area contributed by atoms with E-state index in [9.17, 15) is 14.4 Å². The Labute approximate surface area is 173 Å². The fraction of sp³-hybridized carbons (Fsp3) is 0.591. The highest BCUT2D eigenvalue weighted by Crippen LogP contribution is 2.62. The first-order chi connectivity index (χ1) is 13.2. The lowest BCUT2D eigenvalue weighted by Gasteiger charge is -2.51. The minimum atomic E-state index is -0.396.